The summed E-state index contributed by atoms with van der Waals surface area (Å²) in [5.41, 5.74) is 4.08. The van der Waals surface area contributed by atoms with Crippen LogP contribution in [-0.4, -0.2) is 110 Å². The van der Waals surface area contributed by atoms with Gasteiger partial charge in [0.15, 0.2) is 0 Å². The summed E-state index contributed by atoms with van der Waals surface area (Å²) >= 11 is 1.69. The van der Waals surface area contributed by atoms with Crippen molar-refractivity contribution in [2.75, 3.05) is 52.8 Å². The molecule has 0 radical (unpaired) electrons. The van der Waals surface area contributed by atoms with Gasteiger partial charge in [-0.05, 0) is 99.2 Å². The van der Waals surface area contributed by atoms with Crippen molar-refractivity contribution in [3.63, 3.8) is 0 Å². The average Bonchev–Trinajstić information content (AvgIpc) is 3.80. The molecule has 1 saturated heterocycles. The maximum Gasteiger partial charge on any atom is 0.251 e. The SMILES string of the molecule is CCOc1c(CN2O[C@@H](CO)[C@@H]([C@H](C)O)[C@H]2C(=O)N[C@H]2C[C@H]3C[C@H]([C@@H]2C)C3(C)C)cccc1-c1cc(C(=O)N[C@@H](Cc2cccs2)CN(C)C)cc(N(C)C)c1. The number of nitrogens with one attached hydrogen (secondary N) is 2. The van der Waals surface area contributed by atoms with Gasteiger partial charge >= 0.3 is 0 Å². The molecule has 306 valence electrons. The van der Waals surface area contributed by atoms with Crippen molar-refractivity contribution in [2.45, 2.75) is 90.8 Å². The molecule has 4 aliphatic rings. The van der Waals surface area contributed by atoms with Crippen LogP contribution in [0.25, 0.3) is 11.1 Å². The van der Waals surface area contributed by atoms with E-state index >= 15 is 0 Å². The quantitative estimate of drug-likeness (QED) is 0.150. The maximum atomic E-state index is 14.3. The molecule has 0 spiro atoms. The first kappa shape index (κ1) is 42.1. The standard InChI is InChI=1S/C44H63N5O6S/c1-10-54-41-28(23-49-40(39(27(3)51)38(25-50)55-49)43(53)46-37-21-31-20-36(26(37)2)44(31,4)5)13-11-15-35(41)29-17-30(19-33(18-29)48(8)9)42(52)45-32(24-47(6)7)22-34-14-12-16-56-34/h11-19,26-27,31-32,36-40,50-51H,10,20-25H2,1-9H3,(H,45,52)(H,46,53)/t26-,27-,31+,32-,36+,37-,38-,39+,40-/m0/s1. The van der Waals surface area contributed by atoms with Gasteiger partial charge < -0.3 is 35.4 Å². The summed E-state index contributed by atoms with van der Waals surface area (Å²) in [4.78, 5) is 40.0. The second kappa shape index (κ2) is 17.5. The minimum absolute atomic E-state index is 0.0375. The molecule has 2 heterocycles. The van der Waals surface area contributed by atoms with Crippen LogP contribution in [-0.2, 0) is 22.6 Å². The number of hydroxylamine groups is 2. The van der Waals surface area contributed by atoms with E-state index in [1.165, 1.54) is 11.3 Å². The van der Waals surface area contributed by atoms with Gasteiger partial charge in [0.05, 0.1) is 25.9 Å². The van der Waals surface area contributed by atoms with E-state index < -0.39 is 24.2 Å². The Kier molecular flexibility index (Phi) is 13.2. The molecular weight excluding hydrogens is 727 g/mol. The number of thiophene rings is 1. The molecule has 11 nitrogen and oxygen atoms in total. The second-order valence-corrected chi connectivity index (χ2v) is 18.4. The zero-order valence-electron chi connectivity index (χ0n) is 34.6. The Morgan fingerprint density at radius 3 is 2.48 bits per heavy atom. The van der Waals surface area contributed by atoms with Gasteiger partial charge in [0.1, 0.15) is 17.9 Å². The summed E-state index contributed by atoms with van der Waals surface area (Å²) < 4.78 is 6.40. The van der Waals surface area contributed by atoms with Crippen LogP contribution >= 0.6 is 11.3 Å². The van der Waals surface area contributed by atoms with Crippen molar-refractivity contribution in [1.29, 1.82) is 0 Å². The number of amides is 2. The molecular formula is C44H63N5O6S. The average molecular weight is 790 g/mol. The van der Waals surface area contributed by atoms with E-state index in [2.05, 4.69) is 47.8 Å². The molecule has 4 fully saturated rings. The number of carbonyl (C=O) groups is 2. The van der Waals surface area contributed by atoms with Crippen molar-refractivity contribution >= 4 is 28.8 Å². The summed E-state index contributed by atoms with van der Waals surface area (Å²) in [7, 11) is 7.93. The van der Waals surface area contributed by atoms with Crippen molar-refractivity contribution in [1.82, 2.24) is 20.6 Å². The number of hydrogen-bond acceptors (Lipinski definition) is 10. The predicted octanol–water partition coefficient (Wildman–Crippen LogP) is 5.44. The minimum atomic E-state index is -0.900. The van der Waals surface area contributed by atoms with Crippen molar-refractivity contribution in [3.05, 3.63) is 69.9 Å². The van der Waals surface area contributed by atoms with E-state index in [1.807, 2.05) is 82.5 Å². The first-order valence-electron chi connectivity index (χ1n) is 20.2. The summed E-state index contributed by atoms with van der Waals surface area (Å²) in [5, 5.41) is 31.8. The Labute approximate surface area is 337 Å². The van der Waals surface area contributed by atoms with Crippen molar-refractivity contribution in [2.24, 2.45) is 29.1 Å². The highest BCUT2D eigenvalue weighted by molar-refractivity contribution is 7.09. The Hall–Kier alpha value is -3.52. The Balaban J connectivity index is 1.30. The van der Waals surface area contributed by atoms with E-state index in [4.69, 9.17) is 9.57 Å². The molecule has 2 amide bonds. The highest BCUT2D eigenvalue weighted by Crippen LogP contribution is 2.61. The predicted molar refractivity (Wildman–Crippen MR) is 223 cm³/mol. The topological polar surface area (TPSA) is 127 Å². The van der Waals surface area contributed by atoms with Crippen LogP contribution in [0.3, 0.4) is 0 Å². The molecule has 12 heteroatoms. The third-order valence-electron chi connectivity index (χ3n) is 12.7. The van der Waals surface area contributed by atoms with E-state index in [0.717, 1.165) is 35.2 Å². The number of para-hydroxylation sites is 1. The zero-order valence-corrected chi connectivity index (χ0v) is 35.4. The van der Waals surface area contributed by atoms with Crippen LogP contribution in [0.5, 0.6) is 5.75 Å². The molecule has 56 heavy (non-hydrogen) atoms. The van der Waals surface area contributed by atoms with Crippen molar-refractivity contribution < 1.29 is 29.4 Å². The highest BCUT2D eigenvalue weighted by Gasteiger charge is 2.57. The third-order valence-corrected chi connectivity index (χ3v) is 13.6. The first-order valence-corrected chi connectivity index (χ1v) is 21.1. The largest absolute Gasteiger partial charge is 0.493 e. The first-order chi connectivity index (χ1) is 26.6. The van der Waals surface area contributed by atoms with Gasteiger partial charge in [-0.15, -0.1) is 11.3 Å². The van der Waals surface area contributed by atoms with Gasteiger partial charge in [0.2, 0.25) is 5.91 Å². The number of hydrogen-bond donors (Lipinski definition) is 4. The zero-order chi connectivity index (χ0) is 40.5. The number of fused-ring (bicyclic) bond motifs is 2. The maximum absolute atomic E-state index is 14.3. The Bertz CT molecular complexity index is 1810. The molecule has 4 N–H and O–H groups in total. The van der Waals surface area contributed by atoms with Crippen LogP contribution in [0, 0.1) is 29.1 Å². The molecule has 3 aliphatic carbocycles. The number of nitrogens with zero attached hydrogens (tertiary/aromatic N) is 3. The fourth-order valence-electron chi connectivity index (χ4n) is 9.60. The van der Waals surface area contributed by atoms with Crippen LogP contribution in [0.4, 0.5) is 5.69 Å². The number of benzene rings is 2. The highest BCUT2D eigenvalue weighted by atomic mass is 32.1. The summed E-state index contributed by atoms with van der Waals surface area (Å²) in [5.74, 6) is 1.09. The van der Waals surface area contributed by atoms with Gasteiger partial charge in [0, 0.05) is 72.3 Å². The lowest BCUT2D eigenvalue weighted by Crippen LogP contribution is -2.62. The van der Waals surface area contributed by atoms with Crippen LogP contribution in [0.15, 0.2) is 53.9 Å². The number of aliphatic hydroxyl groups is 2. The van der Waals surface area contributed by atoms with E-state index in [9.17, 15) is 19.8 Å². The number of ether oxygens (including phenoxy) is 1. The van der Waals surface area contributed by atoms with E-state index in [-0.39, 0.29) is 42.5 Å². The summed E-state index contributed by atoms with van der Waals surface area (Å²) in [6.45, 7) is 11.4. The second-order valence-electron chi connectivity index (χ2n) is 17.3. The molecule has 2 bridgehead atoms. The normalized spacial score (nSPS) is 26.7. The lowest BCUT2D eigenvalue weighted by molar-refractivity contribution is -0.183. The Morgan fingerprint density at radius 2 is 1.88 bits per heavy atom. The van der Waals surface area contributed by atoms with E-state index in [0.29, 0.717) is 42.2 Å². The Morgan fingerprint density at radius 1 is 1.11 bits per heavy atom. The van der Waals surface area contributed by atoms with Crippen LogP contribution in [0.2, 0.25) is 0 Å². The molecule has 2 aromatic carbocycles. The smallest absolute Gasteiger partial charge is 0.251 e. The molecule has 9 atom stereocenters. The van der Waals surface area contributed by atoms with Gasteiger partial charge in [-0.2, -0.15) is 5.06 Å². The fourth-order valence-corrected chi connectivity index (χ4v) is 10.4. The third kappa shape index (κ3) is 8.80. The van der Waals surface area contributed by atoms with Gasteiger partial charge in [0.25, 0.3) is 5.91 Å². The number of aliphatic hydroxyl groups excluding tert-OH is 2. The number of carbonyl (C=O) groups excluding carboxylic acids is 2. The van der Waals surface area contributed by atoms with Crippen LogP contribution < -0.4 is 20.3 Å². The van der Waals surface area contributed by atoms with Crippen LogP contribution in [0.1, 0.15) is 68.3 Å². The fraction of sp³-hybridized carbons (Fsp3) is 0.591. The van der Waals surface area contributed by atoms with Gasteiger partial charge in [-0.3, -0.25) is 14.4 Å². The van der Waals surface area contributed by atoms with Gasteiger partial charge in [-0.1, -0.05) is 45.0 Å². The molecule has 3 saturated carbocycles. The van der Waals surface area contributed by atoms with Crippen molar-refractivity contribution in [3.8, 4) is 16.9 Å². The van der Waals surface area contributed by atoms with Gasteiger partial charge in [-0.25, -0.2) is 0 Å². The number of likely N-dealkylation sites (N-methyl/N-ethyl adjacent to an activating group) is 1. The van der Waals surface area contributed by atoms with E-state index in [1.54, 1.807) is 23.3 Å². The summed E-state index contributed by atoms with van der Waals surface area (Å²) in [6, 6.07) is 15.0. The monoisotopic (exact) mass is 789 g/mol. The molecule has 0 unspecified atom stereocenters. The lowest BCUT2D eigenvalue weighted by atomic mass is 9.45. The molecule has 1 aromatic heterocycles. The number of rotatable bonds is 16. The molecule has 1 aliphatic heterocycles. The summed E-state index contributed by atoms with van der Waals surface area (Å²) in [6.07, 6.45) is 1.22. The minimum Gasteiger partial charge on any atom is -0.493 e. The number of anilines is 1. The lowest BCUT2D eigenvalue weighted by Gasteiger charge is -2.62. The molecule has 3 aromatic rings. The molecule has 7 rings (SSSR count).